The third-order valence-corrected chi connectivity index (χ3v) is 4.58. The number of benzene rings is 2. The summed E-state index contributed by atoms with van der Waals surface area (Å²) in [7, 11) is 1.58. The van der Waals surface area contributed by atoms with E-state index in [1.807, 2.05) is 12.1 Å². The number of hydrazine groups is 1. The van der Waals surface area contributed by atoms with Crippen molar-refractivity contribution in [2.24, 2.45) is 0 Å². The number of hydrogen-bond acceptors (Lipinski definition) is 4. The van der Waals surface area contributed by atoms with Crippen molar-refractivity contribution in [1.82, 2.24) is 15.8 Å². The maximum absolute atomic E-state index is 14.3. The zero-order chi connectivity index (χ0) is 19.8. The Kier molecular flexibility index (Phi) is 4.35. The Hall–Kier alpha value is -3.61. The van der Waals surface area contributed by atoms with E-state index in [1.54, 1.807) is 32.2 Å². The van der Waals surface area contributed by atoms with Crippen molar-refractivity contribution in [1.29, 1.82) is 0 Å². The van der Waals surface area contributed by atoms with Gasteiger partial charge in [0.1, 0.15) is 23.2 Å². The Labute approximate surface area is 160 Å². The summed E-state index contributed by atoms with van der Waals surface area (Å²) in [6.07, 6.45) is 3.14. The van der Waals surface area contributed by atoms with Gasteiger partial charge in [0.25, 0.3) is 5.91 Å². The SMILES string of the molecule is COc1ccc(C2=CC(=O)N3NC(C)=C(c4ccc(F)cc4F)C=C3N2)cc1. The molecule has 2 aromatic rings. The lowest BCUT2D eigenvalue weighted by molar-refractivity contribution is -0.126. The van der Waals surface area contributed by atoms with Gasteiger partial charge in [-0.3, -0.25) is 10.2 Å². The second-order valence-electron chi connectivity index (χ2n) is 6.39. The van der Waals surface area contributed by atoms with E-state index >= 15 is 0 Å². The van der Waals surface area contributed by atoms with Crippen LogP contribution < -0.4 is 15.5 Å². The lowest BCUT2D eigenvalue weighted by Gasteiger charge is -2.35. The van der Waals surface area contributed by atoms with Gasteiger partial charge in [0.2, 0.25) is 0 Å². The van der Waals surface area contributed by atoms with Gasteiger partial charge in [-0.2, -0.15) is 0 Å². The molecule has 0 aromatic heterocycles. The van der Waals surface area contributed by atoms with Crippen LogP contribution in [0.25, 0.3) is 11.3 Å². The number of nitrogens with zero attached hydrogens (tertiary/aromatic N) is 1. The first-order valence-electron chi connectivity index (χ1n) is 8.58. The lowest BCUT2D eigenvalue weighted by Crippen LogP contribution is -2.49. The summed E-state index contributed by atoms with van der Waals surface area (Å²) in [5, 5.41) is 4.52. The molecule has 0 aliphatic carbocycles. The van der Waals surface area contributed by atoms with E-state index in [-0.39, 0.29) is 11.5 Å². The summed E-state index contributed by atoms with van der Waals surface area (Å²) in [4.78, 5) is 12.6. The average molecular weight is 381 g/mol. The van der Waals surface area contributed by atoms with E-state index in [9.17, 15) is 13.6 Å². The second-order valence-corrected chi connectivity index (χ2v) is 6.39. The summed E-state index contributed by atoms with van der Waals surface area (Å²) >= 11 is 0. The zero-order valence-corrected chi connectivity index (χ0v) is 15.2. The maximum atomic E-state index is 14.3. The van der Waals surface area contributed by atoms with Gasteiger partial charge in [0.15, 0.2) is 0 Å². The summed E-state index contributed by atoms with van der Waals surface area (Å²) in [5.41, 5.74) is 5.71. The van der Waals surface area contributed by atoms with E-state index in [4.69, 9.17) is 4.74 Å². The van der Waals surface area contributed by atoms with Crippen LogP contribution in [0, 0.1) is 11.6 Å². The normalized spacial score (nSPS) is 16.0. The Morgan fingerprint density at radius 3 is 2.46 bits per heavy atom. The highest BCUT2D eigenvalue weighted by molar-refractivity contribution is 5.99. The van der Waals surface area contributed by atoms with Crippen LogP contribution in [0.1, 0.15) is 18.1 Å². The van der Waals surface area contributed by atoms with Gasteiger partial charge in [-0.1, -0.05) is 0 Å². The van der Waals surface area contributed by atoms with Crippen LogP contribution in [0.4, 0.5) is 8.78 Å². The van der Waals surface area contributed by atoms with Crippen molar-refractivity contribution >= 4 is 17.2 Å². The Morgan fingerprint density at radius 1 is 1.04 bits per heavy atom. The third-order valence-electron chi connectivity index (χ3n) is 4.58. The van der Waals surface area contributed by atoms with Gasteiger partial charge in [-0.05, 0) is 55.0 Å². The van der Waals surface area contributed by atoms with E-state index in [1.165, 1.54) is 23.2 Å². The van der Waals surface area contributed by atoms with Gasteiger partial charge >= 0.3 is 0 Å². The first-order valence-corrected chi connectivity index (χ1v) is 8.58. The Morgan fingerprint density at radius 2 is 1.79 bits per heavy atom. The first-order chi connectivity index (χ1) is 13.5. The van der Waals surface area contributed by atoms with Crippen LogP contribution in [-0.4, -0.2) is 18.0 Å². The maximum Gasteiger partial charge on any atom is 0.273 e. The third kappa shape index (κ3) is 3.11. The quantitative estimate of drug-likeness (QED) is 0.854. The van der Waals surface area contributed by atoms with Crippen molar-refractivity contribution in [3.63, 3.8) is 0 Å². The molecule has 4 rings (SSSR count). The largest absolute Gasteiger partial charge is 0.497 e. The van der Waals surface area contributed by atoms with Crippen molar-refractivity contribution in [3.05, 3.63) is 88.9 Å². The molecule has 0 saturated heterocycles. The number of carbonyl (C=O) groups is 1. The second kappa shape index (κ2) is 6.84. The van der Waals surface area contributed by atoms with E-state index in [0.29, 0.717) is 28.5 Å². The molecule has 2 heterocycles. The number of rotatable bonds is 3. The van der Waals surface area contributed by atoms with Crippen molar-refractivity contribution in [2.45, 2.75) is 6.92 Å². The fourth-order valence-corrected chi connectivity index (χ4v) is 3.14. The Bertz CT molecular complexity index is 1060. The van der Waals surface area contributed by atoms with Crippen LogP contribution in [0.15, 0.2) is 66.1 Å². The molecule has 0 atom stereocenters. The summed E-state index contributed by atoms with van der Waals surface area (Å²) in [5.74, 6) is -0.432. The molecular weight excluding hydrogens is 364 g/mol. The highest BCUT2D eigenvalue weighted by Gasteiger charge is 2.28. The molecule has 7 heteroatoms. The van der Waals surface area contributed by atoms with Crippen LogP contribution in [-0.2, 0) is 4.79 Å². The fourth-order valence-electron chi connectivity index (χ4n) is 3.14. The van der Waals surface area contributed by atoms with E-state index in [2.05, 4.69) is 10.7 Å². The number of carbonyl (C=O) groups excluding carboxylic acids is 1. The number of amides is 1. The van der Waals surface area contributed by atoms with Gasteiger partial charge in [0.05, 0.1) is 12.8 Å². The molecule has 2 N–H and O–H groups in total. The summed E-state index contributed by atoms with van der Waals surface area (Å²) in [6, 6.07) is 10.7. The molecule has 0 spiro atoms. The standard InChI is InChI=1S/C21H17F2N3O2/c1-12-17(16-8-5-14(22)9-18(16)23)10-20-24-19(11-21(27)26(20)25-12)13-3-6-15(28-2)7-4-13/h3-11,24-25H,1-2H3. The zero-order valence-electron chi connectivity index (χ0n) is 15.2. The van der Waals surface area contributed by atoms with Gasteiger partial charge < -0.3 is 10.1 Å². The molecule has 2 aromatic carbocycles. The number of allylic oxidation sites excluding steroid dienone is 3. The molecule has 1 amide bonds. The van der Waals surface area contributed by atoms with Crippen LogP contribution in [0.2, 0.25) is 0 Å². The molecule has 142 valence electrons. The number of ether oxygens (including phenoxy) is 1. The summed E-state index contributed by atoms with van der Waals surface area (Å²) in [6.45, 7) is 1.72. The minimum atomic E-state index is -0.672. The summed E-state index contributed by atoms with van der Waals surface area (Å²) < 4.78 is 32.7. The molecule has 0 radical (unpaired) electrons. The molecule has 0 fully saturated rings. The van der Waals surface area contributed by atoms with E-state index in [0.717, 1.165) is 11.6 Å². The predicted molar refractivity (Wildman–Crippen MR) is 101 cm³/mol. The minimum Gasteiger partial charge on any atom is -0.497 e. The monoisotopic (exact) mass is 381 g/mol. The number of fused-ring (bicyclic) bond motifs is 1. The van der Waals surface area contributed by atoms with Gasteiger partial charge in [-0.25, -0.2) is 13.8 Å². The average Bonchev–Trinajstić information content (AvgIpc) is 2.68. The molecule has 0 unspecified atom stereocenters. The molecule has 5 nitrogen and oxygen atoms in total. The van der Waals surface area contributed by atoms with Crippen LogP contribution >= 0.6 is 0 Å². The van der Waals surface area contributed by atoms with Gasteiger partial charge in [-0.15, -0.1) is 0 Å². The van der Waals surface area contributed by atoms with Crippen LogP contribution in [0.3, 0.4) is 0 Å². The molecule has 2 aliphatic heterocycles. The number of hydrogen-bond donors (Lipinski definition) is 2. The molecular formula is C21H17F2N3O2. The number of halogens is 2. The van der Waals surface area contributed by atoms with Crippen molar-refractivity contribution in [3.8, 4) is 5.75 Å². The van der Waals surface area contributed by atoms with Crippen molar-refractivity contribution in [2.75, 3.05) is 7.11 Å². The molecule has 2 aliphatic rings. The molecule has 28 heavy (non-hydrogen) atoms. The smallest absolute Gasteiger partial charge is 0.273 e. The topological polar surface area (TPSA) is 53.6 Å². The van der Waals surface area contributed by atoms with E-state index < -0.39 is 11.6 Å². The lowest BCUT2D eigenvalue weighted by atomic mass is 10.0. The molecule has 0 bridgehead atoms. The highest BCUT2D eigenvalue weighted by Crippen LogP contribution is 2.30. The number of nitrogens with one attached hydrogen (secondary N) is 2. The Balaban J connectivity index is 1.70. The predicted octanol–water partition coefficient (Wildman–Crippen LogP) is 3.54. The van der Waals surface area contributed by atoms with Crippen molar-refractivity contribution < 1.29 is 18.3 Å². The van der Waals surface area contributed by atoms with Crippen LogP contribution in [0.5, 0.6) is 5.75 Å². The molecule has 0 saturated carbocycles. The first kappa shape index (κ1) is 17.8. The highest BCUT2D eigenvalue weighted by atomic mass is 19.1. The van der Waals surface area contributed by atoms with Gasteiger partial charge in [0, 0.05) is 29.0 Å². The fraction of sp³-hybridized carbons (Fsp3) is 0.0952. The minimum absolute atomic E-state index is 0.244. The number of methoxy groups -OCH3 is 1.